The predicted octanol–water partition coefficient (Wildman–Crippen LogP) is 5.23. The maximum absolute atomic E-state index is 12.0. The number of nitriles is 1. The number of hydrogen-bond donors (Lipinski definition) is 2. The lowest BCUT2D eigenvalue weighted by molar-refractivity contribution is 0.0910. The number of rotatable bonds is 5. The minimum atomic E-state index is -2.35. The molecular formula is C27H32N8OS. The van der Waals surface area contributed by atoms with E-state index in [1.165, 1.54) is 35.7 Å². The van der Waals surface area contributed by atoms with Crippen LogP contribution in [0.15, 0.2) is 40.9 Å². The molecule has 37 heavy (non-hydrogen) atoms. The molecule has 192 valence electrons. The number of pyridine rings is 1. The summed E-state index contributed by atoms with van der Waals surface area (Å²) in [6.07, 6.45) is 8.07. The Morgan fingerprint density at radius 2 is 1.97 bits per heavy atom. The molecule has 0 saturated heterocycles. The van der Waals surface area contributed by atoms with Gasteiger partial charge in [-0.15, -0.1) is 0 Å². The second-order valence-electron chi connectivity index (χ2n) is 10.6. The number of aromatic nitrogens is 3. The third-order valence-corrected chi connectivity index (χ3v) is 7.97. The lowest BCUT2D eigenvalue weighted by atomic mass is 9.68. The average Bonchev–Trinajstić information content (AvgIpc) is 2.82. The van der Waals surface area contributed by atoms with E-state index < -0.39 is 9.73 Å². The minimum absolute atomic E-state index is 0.136. The molecule has 0 saturated carbocycles. The predicted molar refractivity (Wildman–Crippen MR) is 147 cm³/mol. The smallest absolute Gasteiger partial charge is 0.229 e. The molecule has 9 nitrogen and oxygen atoms in total. The van der Waals surface area contributed by atoms with Crippen LogP contribution < -0.4 is 10.6 Å². The lowest BCUT2D eigenvalue weighted by Gasteiger charge is -2.49. The zero-order valence-electron chi connectivity index (χ0n) is 21.9. The van der Waals surface area contributed by atoms with Gasteiger partial charge in [0.15, 0.2) is 11.6 Å². The van der Waals surface area contributed by atoms with Crippen molar-refractivity contribution in [3.63, 3.8) is 0 Å². The normalized spacial score (nSPS) is 18.4. The monoisotopic (exact) mass is 516 g/mol. The Labute approximate surface area is 218 Å². The van der Waals surface area contributed by atoms with Gasteiger partial charge in [0.2, 0.25) is 5.95 Å². The van der Waals surface area contributed by atoms with Crippen LogP contribution in [-0.2, 0) is 22.7 Å². The van der Waals surface area contributed by atoms with Crippen molar-refractivity contribution < 1.29 is 4.21 Å². The third-order valence-electron chi connectivity index (χ3n) is 7.34. The lowest BCUT2D eigenvalue weighted by Crippen LogP contribution is -2.50. The van der Waals surface area contributed by atoms with Crippen molar-refractivity contribution in [1.82, 2.24) is 19.9 Å². The maximum atomic E-state index is 12.0. The topological polar surface area (TPSA) is 119 Å². The first-order valence-corrected chi connectivity index (χ1v) is 14.7. The van der Waals surface area contributed by atoms with Gasteiger partial charge in [-0.2, -0.15) is 14.6 Å². The highest BCUT2D eigenvalue weighted by Gasteiger charge is 2.42. The van der Waals surface area contributed by atoms with Crippen LogP contribution in [0.25, 0.3) is 0 Å². The van der Waals surface area contributed by atoms with Gasteiger partial charge in [0.25, 0.3) is 0 Å². The van der Waals surface area contributed by atoms with E-state index in [0.717, 1.165) is 18.7 Å². The quantitative estimate of drug-likeness (QED) is 0.473. The number of aryl methyl sites for hydroxylation is 1. The average molecular weight is 517 g/mol. The summed E-state index contributed by atoms with van der Waals surface area (Å²) >= 11 is 0. The van der Waals surface area contributed by atoms with E-state index >= 15 is 0 Å². The van der Waals surface area contributed by atoms with Crippen LogP contribution in [0.3, 0.4) is 0 Å². The molecule has 2 aromatic heterocycles. The van der Waals surface area contributed by atoms with Crippen molar-refractivity contribution >= 4 is 38.8 Å². The third kappa shape index (κ3) is 5.15. The van der Waals surface area contributed by atoms with Crippen LogP contribution in [0.1, 0.15) is 54.9 Å². The summed E-state index contributed by atoms with van der Waals surface area (Å²) in [6.45, 7) is 5.60. The number of anilines is 4. The SMILES string of the molecule is CN1Cc2cc(Nc3ncc(C#N)c(Nc4cccc(N=S(C)(C)=O)n4)n3)cc3c2C(CCC3)C1(C)C. The molecule has 0 spiro atoms. The fraction of sp³-hybridized carbons (Fsp3) is 0.407. The molecular weight excluding hydrogens is 484 g/mol. The highest BCUT2D eigenvalue weighted by atomic mass is 32.2. The molecule has 1 aromatic carbocycles. The van der Waals surface area contributed by atoms with E-state index in [1.54, 1.807) is 30.7 Å². The molecule has 1 aliphatic carbocycles. The highest BCUT2D eigenvalue weighted by molar-refractivity contribution is 7.92. The van der Waals surface area contributed by atoms with Crippen LogP contribution in [-0.4, -0.2) is 49.2 Å². The first-order chi connectivity index (χ1) is 17.5. The van der Waals surface area contributed by atoms with E-state index in [2.05, 4.69) is 73.9 Å². The highest BCUT2D eigenvalue weighted by Crippen LogP contribution is 2.48. The molecule has 1 atom stereocenters. The Hall–Kier alpha value is -3.55. The molecule has 5 rings (SSSR count). The van der Waals surface area contributed by atoms with Gasteiger partial charge in [-0.05, 0) is 81.1 Å². The molecule has 10 heteroatoms. The first-order valence-electron chi connectivity index (χ1n) is 12.4. The van der Waals surface area contributed by atoms with E-state index in [9.17, 15) is 9.47 Å². The maximum Gasteiger partial charge on any atom is 0.229 e. The van der Waals surface area contributed by atoms with E-state index in [-0.39, 0.29) is 11.1 Å². The number of nitrogens with one attached hydrogen (secondary N) is 2. The van der Waals surface area contributed by atoms with Gasteiger partial charge in [0.05, 0.1) is 6.20 Å². The molecule has 3 heterocycles. The summed E-state index contributed by atoms with van der Waals surface area (Å²) in [6, 6.07) is 11.7. The standard InChI is InChI=1S/C27H32N8OS/c1-27(2)21-9-6-8-17-12-20(13-18(24(17)21)16-35(27)3)30-26-29-15-19(14-28)25(33-26)32-22-10-7-11-23(31-22)34-37(4,5)36/h7,10-13,15,21H,6,8-9,16H2,1-5H3,(H2,29,30,31,32,33). The van der Waals surface area contributed by atoms with E-state index in [0.29, 0.717) is 29.3 Å². The molecule has 0 fully saturated rings. The Bertz CT molecular complexity index is 1530. The first kappa shape index (κ1) is 25.1. The Balaban J connectivity index is 1.45. The molecule has 0 amide bonds. The Morgan fingerprint density at radius 3 is 2.73 bits per heavy atom. The zero-order valence-corrected chi connectivity index (χ0v) is 22.7. The molecule has 2 N–H and O–H groups in total. The van der Waals surface area contributed by atoms with Crippen LogP contribution in [0.2, 0.25) is 0 Å². The minimum Gasteiger partial charge on any atom is -0.324 e. The number of benzene rings is 1. The largest absolute Gasteiger partial charge is 0.324 e. The van der Waals surface area contributed by atoms with Gasteiger partial charge in [-0.25, -0.2) is 14.2 Å². The number of hydrogen-bond acceptors (Lipinski definition) is 9. The molecule has 0 radical (unpaired) electrons. The number of nitrogens with zero attached hydrogens (tertiary/aromatic N) is 6. The fourth-order valence-electron chi connectivity index (χ4n) is 5.35. The summed E-state index contributed by atoms with van der Waals surface area (Å²) in [5.74, 6) is 2.04. The second kappa shape index (κ2) is 9.39. The molecule has 2 aliphatic rings. The van der Waals surface area contributed by atoms with Gasteiger partial charge in [-0.3, -0.25) is 4.90 Å². The van der Waals surface area contributed by atoms with E-state index in [1.807, 2.05) is 0 Å². The molecule has 3 aromatic rings. The van der Waals surface area contributed by atoms with Crippen molar-refractivity contribution in [3.8, 4) is 6.07 Å². The summed E-state index contributed by atoms with van der Waals surface area (Å²) in [4.78, 5) is 15.8. The Morgan fingerprint density at radius 1 is 1.19 bits per heavy atom. The van der Waals surface area contributed by atoms with Crippen molar-refractivity contribution in [2.75, 3.05) is 30.2 Å². The Kier molecular flexibility index (Phi) is 6.38. The summed E-state index contributed by atoms with van der Waals surface area (Å²) in [7, 11) is -0.146. The van der Waals surface area contributed by atoms with Gasteiger partial charge in [-0.1, -0.05) is 6.07 Å². The van der Waals surface area contributed by atoms with Crippen LogP contribution in [0, 0.1) is 11.3 Å². The van der Waals surface area contributed by atoms with Crippen LogP contribution in [0.5, 0.6) is 0 Å². The summed E-state index contributed by atoms with van der Waals surface area (Å²) < 4.78 is 16.2. The molecule has 1 unspecified atom stereocenters. The van der Waals surface area contributed by atoms with Gasteiger partial charge >= 0.3 is 0 Å². The second-order valence-corrected chi connectivity index (χ2v) is 13.2. The van der Waals surface area contributed by atoms with Crippen molar-refractivity contribution in [2.45, 2.75) is 51.1 Å². The van der Waals surface area contributed by atoms with E-state index in [4.69, 9.17) is 0 Å². The van der Waals surface area contributed by atoms with Crippen molar-refractivity contribution in [2.24, 2.45) is 4.36 Å². The molecule has 0 bridgehead atoms. The van der Waals surface area contributed by atoms with Crippen molar-refractivity contribution in [3.05, 3.63) is 58.8 Å². The van der Waals surface area contributed by atoms with Gasteiger partial charge in [0.1, 0.15) is 17.5 Å². The zero-order chi connectivity index (χ0) is 26.4. The summed E-state index contributed by atoms with van der Waals surface area (Å²) in [5.41, 5.74) is 5.64. The van der Waals surface area contributed by atoms with Crippen LogP contribution in [0.4, 0.5) is 29.1 Å². The molecule has 1 aliphatic heterocycles. The number of likely N-dealkylation sites (N-methyl/N-ethyl adjacent to an activating group) is 1. The van der Waals surface area contributed by atoms with Gasteiger partial charge < -0.3 is 10.6 Å². The fourth-order valence-corrected chi connectivity index (χ4v) is 5.90. The van der Waals surface area contributed by atoms with Gasteiger partial charge in [0, 0.05) is 45.9 Å². The van der Waals surface area contributed by atoms with Crippen LogP contribution >= 0.6 is 0 Å². The van der Waals surface area contributed by atoms with Crippen molar-refractivity contribution in [1.29, 1.82) is 5.26 Å². The summed E-state index contributed by atoms with van der Waals surface area (Å²) in [5, 5.41) is 16.1.